The van der Waals surface area contributed by atoms with E-state index in [2.05, 4.69) is 36.6 Å². The first-order valence-electron chi connectivity index (χ1n) is 11.2. The Morgan fingerprint density at radius 1 is 1.26 bits per heavy atom. The molecule has 1 amide bonds. The molecular formula is C25H28BrN5O3. The summed E-state index contributed by atoms with van der Waals surface area (Å²) < 4.78 is 14.4. The molecule has 0 fully saturated rings. The number of halogens is 1. The Bertz CT molecular complexity index is 1250. The molecule has 34 heavy (non-hydrogen) atoms. The molecule has 3 aromatic rings. The zero-order valence-electron chi connectivity index (χ0n) is 19.8. The molecule has 1 aromatic heterocycles. The van der Waals surface area contributed by atoms with Crippen molar-refractivity contribution in [3.05, 3.63) is 69.6 Å². The summed E-state index contributed by atoms with van der Waals surface area (Å²) in [6.45, 7) is 10.2. The summed E-state index contributed by atoms with van der Waals surface area (Å²) in [6.07, 6.45) is 1.44. The molecule has 1 unspecified atom stereocenters. The number of carbonyl (C=O) groups excluding carboxylic acids is 1. The van der Waals surface area contributed by atoms with E-state index in [9.17, 15) is 4.79 Å². The Hall–Kier alpha value is -3.33. The smallest absolute Gasteiger partial charge is 0.255 e. The summed E-state index contributed by atoms with van der Waals surface area (Å²) >= 11 is 3.65. The normalized spacial score (nSPS) is 15.1. The van der Waals surface area contributed by atoms with Crippen molar-refractivity contribution in [1.82, 2.24) is 14.8 Å². The molecule has 1 atom stereocenters. The van der Waals surface area contributed by atoms with E-state index >= 15 is 0 Å². The van der Waals surface area contributed by atoms with Crippen LogP contribution in [0.3, 0.4) is 0 Å². The van der Waals surface area contributed by atoms with Gasteiger partial charge in [0.05, 0.1) is 22.8 Å². The van der Waals surface area contributed by atoms with Gasteiger partial charge in [0.15, 0.2) is 11.5 Å². The zero-order valence-corrected chi connectivity index (χ0v) is 21.4. The summed E-state index contributed by atoms with van der Waals surface area (Å²) in [4.78, 5) is 17.9. The van der Waals surface area contributed by atoms with Crippen molar-refractivity contribution >= 4 is 33.5 Å². The number of hydrogen-bond acceptors (Lipinski definition) is 6. The minimum Gasteiger partial charge on any atom is -0.490 e. The molecule has 1 aliphatic heterocycles. The number of amides is 1. The van der Waals surface area contributed by atoms with Crippen LogP contribution >= 0.6 is 15.9 Å². The van der Waals surface area contributed by atoms with Gasteiger partial charge in [-0.3, -0.25) is 4.79 Å². The Morgan fingerprint density at radius 2 is 2.06 bits per heavy atom. The topological polar surface area (TPSA) is 90.3 Å². The standard InChI is InChI=1S/C25H28BrN5O3/c1-6-33-20-12-17(11-19(26)23(20)34-14(2)3)22-21(16(5)29-25-27-13-28-31(22)25)24(32)30-18-9-7-8-15(4)10-18/h7-14,22H,6H2,1-5H3,(H,30,32)(H,27,28,29). The van der Waals surface area contributed by atoms with E-state index in [1.165, 1.54) is 6.33 Å². The van der Waals surface area contributed by atoms with E-state index in [0.717, 1.165) is 21.3 Å². The third-order valence-corrected chi connectivity index (χ3v) is 5.90. The number of fused-ring (bicyclic) bond motifs is 1. The molecule has 4 rings (SSSR count). The lowest BCUT2D eigenvalue weighted by atomic mass is 9.94. The number of nitrogens with zero attached hydrogens (tertiary/aromatic N) is 3. The molecule has 0 saturated carbocycles. The fourth-order valence-electron chi connectivity index (χ4n) is 3.97. The molecule has 1 aliphatic rings. The van der Waals surface area contributed by atoms with E-state index in [1.807, 2.05) is 71.0 Å². The second-order valence-corrected chi connectivity index (χ2v) is 9.20. The third kappa shape index (κ3) is 4.79. The maximum atomic E-state index is 13.6. The van der Waals surface area contributed by atoms with Gasteiger partial charge in [0, 0.05) is 11.4 Å². The number of rotatable bonds is 7. The van der Waals surface area contributed by atoms with Gasteiger partial charge in [0.25, 0.3) is 5.91 Å². The number of benzene rings is 2. The highest BCUT2D eigenvalue weighted by Gasteiger charge is 2.34. The Morgan fingerprint density at radius 3 is 2.76 bits per heavy atom. The lowest BCUT2D eigenvalue weighted by Crippen LogP contribution is -2.31. The van der Waals surface area contributed by atoms with E-state index in [4.69, 9.17) is 9.47 Å². The molecule has 9 heteroatoms. The lowest BCUT2D eigenvalue weighted by Gasteiger charge is -2.29. The van der Waals surface area contributed by atoms with Crippen LogP contribution in [0.25, 0.3) is 0 Å². The second-order valence-electron chi connectivity index (χ2n) is 8.35. The van der Waals surface area contributed by atoms with Gasteiger partial charge in [-0.2, -0.15) is 10.1 Å². The predicted molar refractivity (Wildman–Crippen MR) is 135 cm³/mol. The van der Waals surface area contributed by atoms with Crippen molar-refractivity contribution in [2.45, 2.75) is 46.8 Å². The summed E-state index contributed by atoms with van der Waals surface area (Å²) in [6, 6.07) is 11.0. The Balaban J connectivity index is 1.81. The van der Waals surface area contributed by atoms with E-state index in [-0.39, 0.29) is 12.0 Å². The number of nitrogens with one attached hydrogen (secondary N) is 2. The van der Waals surface area contributed by atoms with Crippen LogP contribution in [0.1, 0.15) is 44.9 Å². The summed E-state index contributed by atoms with van der Waals surface area (Å²) in [7, 11) is 0. The highest BCUT2D eigenvalue weighted by Crippen LogP contribution is 2.43. The van der Waals surface area contributed by atoms with Gasteiger partial charge in [0.2, 0.25) is 5.95 Å². The van der Waals surface area contributed by atoms with Crippen LogP contribution in [0.15, 0.2) is 58.5 Å². The maximum Gasteiger partial charge on any atom is 0.255 e. The number of anilines is 2. The molecule has 0 radical (unpaired) electrons. The van der Waals surface area contributed by atoms with Crippen LogP contribution < -0.4 is 20.1 Å². The number of ether oxygens (including phenoxy) is 2. The van der Waals surface area contributed by atoms with Crippen LogP contribution in [-0.2, 0) is 4.79 Å². The van der Waals surface area contributed by atoms with Crippen molar-refractivity contribution < 1.29 is 14.3 Å². The largest absolute Gasteiger partial charge is 0.490 e. The van der Waals surface area contributed by atoms with Crippen molar-refractivity contribution in [2.75, 3.05) is 17.2 Å². The van der Waals surface area contributed by atoms with Gasteiger partial charge >= 0.3 is 0 Å². The van der Waals surface area contributed by atoms with E-state index < -0.39 is 6.04 Å². The van der Waals surface area contributed by atoms with Crippen molar-refractivity contribution in [3.63, 3.8) is 0 Å². The second kappa shape index (κ2) is 9.89. The van der Waals surface area contributed by atoms with Gasteiger partial charge in [-0.15, -0.1) is 0 Å². The highest BCUT2D eigenvalue weighted by atomic mass is 79.9. The number of carbonyl (C=O) groups is 1. The van der Waals surface area contributed by atoms with Gasteiger partial charge < -0.3 is 20.1 Å². The quantitative estimate of drug-likeness (QED) is 0.425. The predicted octanol–water partition coefficient (Wildman–Crippen LogP) is 5.46. The summed E-state index contributed by atoms with van der Waals surface area (Å²) in [5.41, 5.74) is 3.84. The monoisotopic (exact) mass is 525 g/mol. The van der Waals surface area contributed by atoms with Crippen LogP contribution in [0, 0.1) is 6.92 Å². The first kappa shape index (κ1) is 23.8. The minimum atomic E-state index is -0.521. The average Bonchev–Trinajstić information content (AvgIpc) is 3.22. The van der Waals surface area contributed by atoms with Crippen LogP contribution in [0.4, 0.5) is 11.6 Å². The molecule has 8 nitrogen and oxygen atoms in total. The van der Waals surface area contributed by atoms with Crippen molar-refractivity contribution in [1.29, 1.82) is 0 Å². The average molecular weight is 526 g/mol. The van der Waals surface area contributed by atoms with Gasteiger partial charge in [-0.05, 0) is 85.9 Å². The number of allylic oxidation sites excluding steroid dienone is 1. The Kier molecular flexibility index (Phi) is 6.92. The number of aromatic nitrogens is 3. The first-order chi connectivity index (χ1) is 16.3. The van der Waals surface area contributed by atoms with E-state index in [1.54, 1.807) is 4.68 Å². The van der Waals surface area contributed by atoms with Crippen LogP contribution in [0.2, 0.25) is 0 Å². The first-order valence-corrected chi connectivity index (χ1v) is 12.0. The molecule has 0 spiro atoms. The van der Waals surface area contributed by atoms with E-state index in [0.29, 0.717) is 35.3 Å². The van der Waals surface area contributed by atoms with Gasteiger partial charge in [-0.1, -0.05) is 12.1 Å². The molecular weight excluding hydrogens is 498 g/mol. The van der Waals surface area contributed by atoms with Crippen molar-refractivity contribution in [3.8, 4) is 11.5 Å². The number of hydrogen-bond donors (Lipinski definition) is 2. The summed E-state index contributed by atoms with van der Waals surface area (Å²) in [5.74, 6) is 1.56. The molecule has 2 N–H and O–H groups in total. The summed E-state index contributed by atoms with van der Waals surface area (Å²) in [5, 5.41) is 10.7. The maximum absolute atomic E-state index is 13.6. The molecule has 0 aliphatic carbocycles. The van der Waals surface area contributed by atoms with Crippen molar-refractivity contribution in [2.24, 2.45) is 0 Å². The highest BCUT2D eigenvalue weighted by molar-refractivity contribution is 9.10. The van der Waals surface area contributed by atoms with Gasteiger partial charge in [0.1, 0.15) is 12.4 Å². The Labute approximate surface area is 207 Å². The minimum absolute atomic E-state index is 0.0278. The van der Waals surface area contributed by atoms with Crippen LogP contribution in [0.5, 0.6) is 11.5 Å². The van der Waals surface area contributed by atoms with Gasteiger partial charge in [-0.25, -0.2) is 4.68 Å². The fourth-order valence-corrected chi connectivity index (χ4v) is 4.53. The molecule has 2 heterocycles. The van der Waals surface area contributed by atoms with Crippen LogP contribution in [-0.4, -0.2) is 33.4 Å². The number of aryl methyl sites for hydroxylation is 1. The SMILES string of the molecule is CCOc1cc(C2C(C(=O)Nc3cccc(C)c3)=C(C)Nc3ncnn32)cc(Br)c1OC(C)C. The third-order valence-electron chi connectivity index (χ3n) is 5.32. The molecule has 0 saturated heterocycles. The molecule has 0 bridgehead atoms. The lowest BCUT2D eigenvalue weighted by molar-refractivity contribution is -0.113. The fraction of sp³-hybridized carbons (Fsp3) is 0.320. The molecule has 178 valence electrons. The zero-order chi connectivity index (χ0) is 24.4. The molecule has 2 aromatic carbocycles.